The maximum atomic E-state index is 14.1. The Morgan fingerprint density at radius 1 is 1.23 bits per heavy atom. The number of fused-ring (bicyclic) bond motifs is 2. The van der Waals surface area contributed by atoms with E-state index in [-0.39, 0.29) is 11.7 Å². The van der Waals surface area contributed by atoms with Crippen molar-refractivity contribution < 1.29 is 14.0 Å². The van der Waals surface area contributed by atoms with E-state index in [0.717, 1.165) is 11.3 Å². The smallest absolute Gasteiger partial charge is 0.242 e. The van der Waals surface area contributed by atoms with Crippen LogP contribution in [0.1, 0.15) is 18.1 Å². The SMILES string of the molecule is CC(=O)[C@@H]1CNC(c2ccccc2)=C[C@]12C(=O)N(C)c1ccc(F)cc12. The van der Waals surface area contributed by atoms with Crippen LogP contribution < -0.4 is 10.2 Å². The van der Waals surface area contributed by atoms with Crippen molar-refractivity contribution in [2.45, 2.75) is 12.3 Å². The van der Waals surface area contributed by atoms with Crippen LogP contribution in [0.15, 0.2) is 54.6 Å². The largest absolute Gasteiger partial charge is 0.384 e. The standard InChI is InChI=1S/C21H19FN2O2/c1-13(25)17-12-23-18(14-6-4-3-5-7-14)11-21(17)16-10-15(22)8-9-19(16)24(2)20(21)26/h3-11,17,23H,12H2,1-2H3/t17-,21+/m0/s1. The highest BCUT2D eigenvalue weighted by molar-refractivity contribution is 6.13. The van der Waals surface area contributed by atoms with Gasteiger partial charge in [-0.15, -0.1) is 0 Å². The molecule has 132 valence electrons. The number of likely N-dealkylation sites (N-methyl/N-ethyl adjacent to an activating group) is 1. The van der Waals surface area contributed by atoms with Gasteiger partial charge in [0, 0.05) is 25.0 Å². The van der Waals surface area contributed by atoms with Crippen LogP contribution in [0, 0.1) is 11.7 Å². The number of anilines is 1. The molecule has 4 rings (SSSR count). The van der Waals surface area contributed by atoms with E-state index in [1.165, 1.54) is 24.0 Å². The van der Waals surface area contributed by atoms with Crippen molar-refractivity contribution in [3.05, 3.63) is 71.6 Å². The maximum absolute atomic E-state index is 14.1. The van der Waals surface area contributed by atoms with E-state index in [2.05, 4.69) is 5.32 Å². The Morgan fingerprint density at radius 3 is 2.65 bits per heavy atom. The third-order valence-corrected chi connectivity index (χ3v) is 5.42. The number of benzene rings is 2. The van der Waals surface area contributed by atoms with Crippen LogP contribution in [0.5, 0.6) is 0 Å². The third kappa shape index (κ3) is 2.20. The first-order valence-corrected chi connectivity index (χ1v) is 8.56. The maximum Gasteiger partial charge on any atom is 0.242 e. The lowest BCUT2D eigenvalue weighted by Gasteiger charge is -2.38. The molecule has 0 saturated carbocycles. The molecule has 2 aliphatic heterocycles. The van der Waals surface area contributed by atoms with Crippen LogP contribution >= 0.6 is 0 Å². The van der Waals surface area contributed by atoms with E-state index in [0.29, 0.717) is 17.8 Å². The van der Waals surface area contributed by atoms with Crippen LogP contribution in [0.25, 0.3) is 5.70 Å². The number of nitrogens with zero attached hydrogens (tertiary/aromatic N) is 1. The summed E-state index contributed by atoms with van der Waals surface area (Å²) in [6, 6.07) is 14.0. The van der Waals surface area contributed by atoms with Crippen LogP contribution in [0.2, 0.25) is 0 Å². The molecular weight excluding hydrogens is 331 g/mol. The minimum Gasteiger partial charge on any atom is -0.384 e. The Balaban J connectivity index is 1.99. The molecule has 0 aromatic heterocycles. The predicted molar refractivity (Wildman–Crippen MR) is 98.1 cm³/mol. The van der Waals surface area contributed by atoms with E-state index in [1.807, 2.05) is 36.4 Å². The normalized spacial score (nSPS) is 24.3. The lowest BCUT2D eigenvalue weighted by molar-refractivity contribution is -0.130. The summed E-state index contributed by atoms with van der Waals surface area (Å²) >= 11 is 0. The summed E-state index contributed by atoms with van der Waals surface area (Å²) in [5.41, 5.74) is 1.72. The molecule has 2 atom stereocenters. The van der Waals surface area contributed by atoms with Gasteiger partial charge in [0.25, 0.3) is 0 Å². The lowest BCUT2D eigenvalue weighted by Crippen LogP contribution is -2.52. The first kappa shape index (κ1) is 16.5. The fraction of sp³-hybridized carbons (Fsp3) is 0.238. The summed E-state index contributed by atoms with van der Waals surface area (Å²) in [7, 11) is 1.67. The Hall–Kier alpha value is -2.95. The highest BCUT2D eigenvalue weighted by atomic mass is 19.1. The van der Waals surface area contributed by atoms with Crippen molar-refractivity contribution in [3.63, 3.8) is 0 Å². The van der Waals surface area contributed by atoms with Crippen molar-refractivity contribution in [2.24, 2.45) is 5.92 Å². The molecule has 0 aliphatic carbocycles. The molecule has 0 radical (unpaired) electrons. The lowest BCUT2D eigenvalue weighted by atomic mass is 9.67. The molecule has 4 nitrogen and oxygen atoms in total. The van der Waals surface area contributed by atoms with Crippen molar-refractivity contribution in [1.82, 2.24) is 5.32 Å². The van der Waals surface area contributed by atoms with Gasteiger partial charge in [0.15, 0.2) is 0 Å². The van der Waals surface area contributed by atoms with E-state index >= 15 is 0 Å². The summed E-state index contributed by atoms with van der Waals surface area (Å²) in [6.45, 7) is 1.81. The first-order valence-electron chi connectivity index (χ1n) is 8.56. The van der Waals surface area contributed by atoms with Gasteiger partial charge in [-0.25, -0.2) is 4.39 Å². The fourth-order valence-corrected chi connectivity index (χ4v) is 4.13. The van der Waals surface area contributed by atoms with Gasteiger partial charge in [-0.2, -0.15) is 0 Å². The molecule has 2 aliphatic rings. The molecule has 5 heteroatoms. The number of rotatable bonds is 2. The van der Waals surface area contributed by atoms with Crippen LogP contribution in [0.4, 0.5) is 10.1 Å². The number of halogens is 1. The number of carbonyl (C=O) groups is 2. The van der Waals surface area contributed by atoms with Gasteiger partial charge in [0.05, 0.1) is 5.92 Å². The topological polar surface area (TPSA) is 49.4 Å². The molecule has 1 spiro atoms. The number of nitrogens with one attached hydrogen (secondary N) is 1. The second kappa shape index (κ2) is 5.80. The van der Waals surface area contributed by atoms with Crippen LogP contribution in [0.3, 0.4) is 0 Å². The molecule has 0 saturated heterocycles. The number of carbonyl (C=O) groups excluding carboxylic acids is 2. The van der Waals surface area contributed by atoms with Gasteiger partial charge in [0.1, 0.15) is 17.0 Å². The number of hydrogen-bond acceptors (Lipinski definition) is 3. The second-order valence-corrected chi connectivity index (χ2v) is 6.86. The molecule has 1 amide bonds. The zero-order valence-electron chi connectivity index (χ0n) is 14.6. The van der Waals surface area contributed by atoms with E-state index in [4.69, 9.17) is 0 Å². The molecule has 2 heterocycles. The second-order valence-electron chi connectivity index (χ2n) is 6.86. The summed E-state index contributed by atoms with van der Waals surface area (Å²) in [5, 5.41) is 3.27. The van der Waals surface area contributed by atoms with Gasteiger partial charge in [0.2, 0.25) is 5.91 Å². The molecule has 0 fully saturated rings. The average molecular weight is 350 g/mol. The quantitative estimate of drug-likeness (QED) is 0.906. The van der Waals surface area contributed by atoms with Gasteiger partial charge in [-0.05, 0) is 42.3 Å². The molecule has 1 N–H and O–H groups in total. The van der Waals surface area contributed by atoms with Crippen molar-refractivity contribution in [1.29, 1.82) is 0 Å². The minimum absolute atomic E-state index is 0.0975. The first-order chi connectivity index (χ1) is 12.4. The summed E-state index contributed by atoms with van der Waals surface area (Å²) in [5.74, 6) is -1.30. The number of amides is 1. The highest BCUT2D eigenvalue weighted by Gasteiger charge is 2.56. The van der Waals surface area contributed by atoms with Gasteiger partial charge >= 0.3 is 0 Å². The Bertz CT molecular complexity index is 938. The molecule has 0 bridgehead atoms. The molecule has 0 unspecified atom stereocenters. The average Bonchev–Trinajstić information content (AvgIpc) is 2.84. The third-order valence-electron chi connectivity index (χ3n) is 5.42. The Morgan fingerprint density at radius 2 is 1.96 bits per heavy atom. The van der Waals surface area contributed by atoms with Crippen LogP contribution in [-0.2, 0) is 15.0 Å². The number of Topliss-reactive ketones (excluding diaryl/α,β-unsaturated/α-hetero) is 1. The molecule has 2 aromatic carbocycles. The monoisotopic (exact) mass is 350 g/mol. The predicted octanol–water partition coefficient (Wildman–Crippen LogP) is 2.89. The zero-order chi connectivity index (χ0) is 18.5. The van der Waals surface area contributed by atoms with Crippen LogP contribution in [-0.4, -0.2) is 25.3 Å². The van der Waals surface area contributed by atoms with Gasteiger partial charge in [-0.3, -0.25) is 9.59 Å². The molecule has 26 heavy (non-hydrogen) atoms. The summed E-state index contributed by atoms with van der Waals surface area (Å²) < 4.78 is 14.1. The number of hydrogen-bond donors (Lipinski definition) is 1. The Kier molecular flexibility index (Phi) is 3.68. The minimum atomic E-state index is -1.19. The van der Waals surface area contributed by atoms with Crippen molar-refractivity contribution >= 4 is 23.1 Å². The van der Waals surface area contributed by atoms with E-state index in [9.17, 15) is 14.0 Å². The number of ketones is 1. The fourth-order valence-electron chi connectivity index (χ4n) is 4.13. The summed E-state index contributed by atoms with van der Waals surface area (Å²) in [4.78, 5) is 27.3. The van der Waals surface area contributed by atoms with Crippen molar-refractivity contribution in [2.75, 3.05) is 18.5 Å². The van der Waals surface area contributed by atoms with E-state index < -0.39 is 17.2 Å². The van der Waals surface area contributed by atoms with Gasteiger partial charge < -0.3 is 10.2 Å². The zero-order valence-corrected chi connectivity index (χ0v) is 14.6. The molecular formula is C21H19FN2O2. The highest BCUT2D eigenvalue weighted by Crippen LogP contribution is 2.49. The molecule has 2 aromatic rings. The van der Waals surface area contributed by atoms with Gasteiger partial charge in [-0.1, -0.05) is 30.3 Å². The summed E-state index contributed by atoms with van der Waals surface area (Å²) in [6.07, 6.45) is 1.81. The van der Waals surface area contributed by atoms with Crippen molar-refractivity contribution in [3.8, 4) is 0 Å². The Labute approximate surface area is 151 Å². The van der Waals surface area contributed by atoms with E-state index in [1.54, 1.807) is 13.1 Å².